The van der Waals surface area contributed by atoms with Gasteiger partial charge in [-0.2, -0.15) is 0 Å². The average molecular weight is 289 g/mol. The van der Waals surface area contributed by atoms with Crippen molar-refractivity contribution >= 4 is 5.97 Å². The van der Waals surface area contributed by atoms with Crippen LogP contribution in [0, 0.1) is 5.92 Å². The molecular formula is C16H19NO4. The zero-order valence-electron chi connectivity index (χ0n) is 11.9. The summed E-state index contributed by atoms with van der Waals surface area (Å²) in [7, 11) is 0. The largest absolute Gasteiger partial charge is 0.485 e. The van der Waals surface area contributed by atoms with Gasteiger partial charge in [0, 0.05) is 6.54 Å². The Morgan fingerprint density at radius 2 is 1.95 bits per heavy atom. The first-order valence-electron chi connectivity index (χ1n) is 7.61. The van der Waals surface area contributed by atoms with Crippen LogP contribution in [0.5, 0.6) is 11.5 Å². The summed E-state index contributed by atoms with van der Waals surface area (Å²) in [6.07, 6.45) is 1.61. The van der Waals surface area contributed by atoms with Gasteiger partial charge in [-0.05, 0) is 44.0 Å². The van der Waals surface area contributed by atoms with E-state index in [0.29, 0.717) is 17.4 Å². The molecule has 1 aromatic carbocycles. The number of esters is 1. The van der Waals surface area contributed by atoms with Gasteiger partial charge in [-0.15, -0.1) is 0 Å². The van der Waals surface area contributed by atoms with Crippen LogP contribution in [0.4, 0.5) is 0 Å². The predicted octanol–water partition coefficient (Wildman–Crippen LogP) is 1.46. The molecule has 5 rings (SSSR count). The molecule has 112 valence electrons. The van der Waals surface area contributed by atoms with Crippen LogP contribution in [0.15, 0.2) is 24.3 Å². The van der Waals surface area contributed by atoms with Crippen LogP contribution in [0.1, 0.15) is 12.8 Å². The van der Waals surface area contributed by atoms with Crippen molar-refractivity contribution in [2.45, 2.75) is 25.0 Å². The Kier molecular flexibility index (Phi) is 3.22. The zero-order chi connectivity index (χ0) is 14.2. The first-order valence-corrected chi connectivity index (χ1v) is 7.61. The molecule has 1 aromatic rings. The SMILES string of the molecule is O=C(O[C@@H]1CN2CCC1CC2)[C@H]1COc2ccccc2O1. The van der Waals surface area contributed by atoms with Crippen molar-refractivity contribution in [1.29, 1.82) is 0 Å². The summed E-state index contributed by atoms with van der Waals surface area (Å²) >= 11 is 0. The highest BCUT2D eigenvalue weighted by molar-refractivity contribution is 5.76. The van der Waals surface area contributed by atoms with E-state index in [1.807, 2.05) is 24.3 Å². The molecule has 0 amide bonds. The van der Waals surface area contributed by atoms with E-state index in [1.54, 1.807) is 0 Å². The molecule has 0 unspecified atom stereocenters. The third kappa shape index (κ3) is 2.46. The lowest BCUT2D eigenvalue weighted by molar-refractivity contribution is -0.169. The molecule has 0 saturated carbocycles. The molecule has 21 heavy (non-hydrogen) atoms. The molecule has 0 aliphatic carbocycles. The summed E-state index contributed by atoms with van der Waals surface area (Å²) in [5, 5.41) is 0. The second kappa shape index (κ2) is 5.22. The van der Waals surface area contributed by atoms with Gasteiger partial charge in [0.15, 0.2) is 11.5 Å². The van der Waals surface area contributed by atoms with Crippen molar-refractivity contribution in [3.05, 3.63) is 24.3 Å². The summed E-state index contributed by atoms with van der Waals surface area (Å²) < 4.78 is 17.0. The van der Waals surface area contributed by atoms with E-state index in [4.69, 9.17) is 14.2 Å². The minimum Gasteiger partial charge on any atom is -0.485 e. The van der Waals surface area contributed by atoms with Crippen molar-refractivity contribution < 1.29 is 19.0 Å². The molecule has 4 aliphatic heterocycles. The van der Waals surface area contributed by atoms with Crippen molar-refractivity contribution in [2.75, 3.05) is 26.2 Å². The summed E-state index contributed by atoms with van der Waals surface area (Å²) in [6.45, 7) is 3.35. The molecule has 4 heterocycles. The van der Waals surface area contributed by atoms with E-state index in [-0.39, 0.29) is 18.7 Å². The summed E-state index contributed by atoms with van der Waals surface area (Å²) in [5.74, 6) is 1.50. The second-order valence-electron chi connectivity index (χ2n) is 5.98. The molecule has 4 aliphatic rings. The fraction of sp³-hybridized carbons (Fsp3) is 0.562. The highest BCUT2D eigenvalue weighted by atomic mass is 16.6. The molecule has 2 atom stereocenters. The van der Waals surface area contributed by atoms with Crippen LogP contribution >= 0.6 is 0 Å². The Balaban J connectivity index is 1.40. The lowest BCUT2D eigenvalue weighted by atomic mass is 9.86. The highest BCUT2D eigenvalue weighted by Crippen LogP contribution is 2.33. The maximum atomic E-state index is 12.3. The van der Waals surface area contributed by atoms with Crippen LogP contribution in [-0.2, 0) is 9.53 Å². The highest BCUT2D eigenvalue weighted by Gasteiger charge is 2.38. The van der Waals surface area contributed by atoms with Crippen LogP contribution < -0.4 is 9.47 Å². The lowest BCUT2D eigenvalue weighted by Crippen LogP contribution is -2.53. The number of piperidine rings is 3. The molecule has 5 nitrogen and oxygen atoms in total. The minimum atomic E-state index is -0.657. The first kappa shape index (κ1) is 13.0. The number of nitrogens with zero attached hydrogens (tertiary/aromatic N) is 1. The maximum Gasteiger partial charge on any atom is 0.351 e. The number of carbonyl (C=O) groups is 1. The predicted molar refractivity (Wildman–Crippen MR) is 75.4 cm³/mol. The van der Waals surface area contributed by atoms with Crippen molar-refractivity contribution in [2.24, 2.45) is 5.92 Å². The molecule has 0 radical (unpaired) electrons. The monoisotopic (exact) mass is 289 g/mol. The van der Waals surface area contributed by atoms with E-state index in [9.17, 15) is 4.79 Å². The number of carbonyl (C=O) groups excluding carboxylic acids is 1. The van der Waals surface area contributed by atoms with Crippen LogP contribution in [0.2, 0.25) is 0 Å². The fourth-order valence-corrected chi connectivity index (χ4v) is 3.41. The third-order valence-corrected chi connectivity index (χ3v) is 4.64. The van der Waals surface area contributed by atoms with Gasteiger partial charge < -0.3 is 14.2 Å². The van der Waals surface area contributed by atoms with Crippen LogP contribution in [0.25, 0.3) is 0 Å². The quantitative estimate of drug-likeness (QED) is 0.772. The van der Waals surface area contributed by atoms with E-state index < -0.39 is 6.10 Å². The molecule has 0 spiro atoms. The zero-order valence-corrected chi connectivity index (χ0v) is 11.9. The summed E-state index contributed by atoms with van der Waals surface area (Å²) in [5.41, 5.74) is 0. The van der Waals surface area contributed by atoms with E-state index >= 15 is 0 Å². The number of benzene rings is 1. The van der Waals surface area contributed by atoms with E-state index in [2.05, 4.69) is 4.90 Å². The van der Waals surface area contributed by atoms with Crippen LogP contribution in [0.3, 0.4) is 0 Å². The van der Waals surface area contributed by atoms with Gasteiger partial charge in [-0.1, -0.05) is 12.1 Å². The molecule has 2 bridgehead atoms. The van der Waals surface area contributed by atoms with Gasteiger partial charge in [0.2, 0.25) is 6.10 Å². The Bertz CT molecular complexity index is 539. The number of ether oxygens (including phenoxy) is 3. The number of rotatable bonds is 2. The van der Waals surface area contributed by atoms with E-state index in [1.165, 1.54) is 0 Å². The number of para-hydroxylation sites is 2. The van der Waals surface area contributed by atoms with Gasteiger partial charge in [-0.3, -0.25) is 4.90 Å². The maximum absolute atomic E-state index is 12.3. The first-order chi connectivity index (χ1) is 10.3. The van der Waals surface area contributed by atoms with Gasteiger partial charge in [0.1, 0.15) is 12.7 Å². The molecule has 0 aromatic heterocycles. The van der Waals surface area contributed by atoms with Gasteiger partial charge >= 0.3 is 5.97 Å². The Labute approximate surface area is 123 Å². The Morgan fingerprint density at radius 3 is 2.67 bits per heavy atom. The standard InChI is InChI=1S/C16H19NO4/c18-16(21-14-9-17-7-5-11(14)6-8-17)15-10-19-12-3-1-2-4-13(12)20-15/h1-4,11,14-15H,5-10H2/t14-,15-/m1/s1. The summed E-state index contributed by atoms with van der Waals surface area (Å²) in [4.78, 5) is 14.7. The fourth-order valence-electron chi connectivity index (χ4n) is 3.41. The second-order valence-corrected chi connectivity index (χ2v) is 5.98. The minimum absolute atomic E-state index is 0.0146. The number of fused-ring (bicyclic) bond motifs is 4. The molecule has 3 fully saturated rings. The summed E-state index contributed by atoms with van der Waals surface area (Å²) in [6, 6.07) is 7.39. The van der Waals surface area contributed by atoms with Crippen molar-refractivity contribution in [1.82, 2.24) is 4.90 Å². The Hall–Kier alpha value is -1.75. The molecule has 0 N–H and O–H groups in total. The number of hydrogen-bond acceptors (Lipinski definition) is 5. The number of hydrogen-bond donors (Lipinski definition) is 0. The van der Waals surface area contributed by atoms with Gasteiger partial charge in [-0.25, -0.2) is 4.79 Å². The van der Waals surface area contributed by atoms with Crippen LogP contribution in [-0.4, -0.2) is 49.3 Å². The third-order valence-electron chi connectivity index (χ3n) is 4.64. The van der Waals surface area contributed by atoms with Gasteiger partial charge in [0.25, 0.3) is 0 Å². The van der Waals surface area contributed by atoms with Gasteiger partial charge in [0.05, 0.1) is 0 Å². The topological polar surface area (TPSA) is 48.0 Å². The van der Waals surface area contributed by atoms with E-state index in [0.717, 1.165) is 32.5 Å². The Morgan fingerprint density at radius 1 is 1.19 bits per heavy atom. The average Bonchev–Trinajstić information content (AvgIpc) is 2.55. The normalized spacial score (nSPS) is 33.5. The smallest absolute Gasteiger partial charge is 0.351 e. The molecule has 5 heteroatoms. The molecule has 3 saturated heterocycles. The molecular weight excluding hydrogens is 270 g/mol. The van der Waals surface area contributed by atoms with Crippen molar-refractivity contribution in [3.63, 3.8) is 0 Å². The lowest BCUT2D eigenvalue weighted by Gasteiger charge is -2.44. The van der Waals surface area contributed by atoms with Crippen molar-refractivity contribution in [3.8, 4) is 11.5 Å².